The predicted molar refractivity (Wildman–Crippen MR) is 70.4 cm³/mol. The van der Waals surface area contributed by atoms with Gasteiger partial charge in [-0.05, 0) is 33.9 Å². The van der Waals surface area contributed by atoms with Gasteiger partial charge in [-0.1, -0.05) is 6.92 Å². The maximum absolute atomic E-state index is 11.9. The third-order valence-corrected chi connectivity index (χ3v) is 3.36. The molecule has 0 aromatic carbocycles. The summed E-state index contributed by atoms with van der Waals surface area (Å²) in [5, 5.41) is 9.83. The van der Waals surface area contributed by atoms with E-state index in [4.69, 9.17) is 4.74 Å². The molecule has 1 aliphatic rings. The van der Waals surface area contributed by atoms with Gasteiger partial charge in [0.25, 0.3) is 0 Å². The van der Waals surface area contributed by atoms with Crippen LogP contribution in [0.15, 0.2) is 0 Å². The molecule has 0 spiro atoms. The van der Waals surface area contributed by atoms with E-state index < -0.39 is 0 Å². The van der Waals surface area contributed by atoms with Gasteiger partial charge in [0, 0.05) is 19.1 Å². The predicted octanol–water partition coefficient (Wildman–Crippen LogP) is 0.325. The van der Waals surface area contributed by atoms with Crippen molar-refractivity contribution in [3.63, 3.8) is 0 Å². The maximum atomic E-state index is 11.9. The van der Waals surface area contributed by atoms with Gasteiger partial charge in [0.15, 0.2) is 0 Å². The molecule has 1 saturated heterocycles. The minimum absolute atomic E-state index is 0.169. The average molecular weight is 258 g/mol. The molecule has 1 fully saturated rings. The second-order valence-electron chi connectivity index (χ2n) is 5.18. The van der Waals surface area contributed by atoms with Crippen LogP contribution in [0.25, 0.3) is 0 Å². The minimum Gasteiger partial charge on any atom is -0.465 e. The lowest BCUT2D eigenvalue weighted by atomic mass is 10.1. The van der Waals surface area contributed by atoms with Gasteiger partial charge < -0.3 is 14.7 Å². The number of nitrogens with zero attached hydrogens (tertiary/aromatic N) is 2. The molecular formula is C13H26N2O3. The number of carbonyl (C=O) groups excluding carboxylic acids is 1. The molecule has 18 heavy (non-hydrogen) atoms. The molecule has 1 aliphatic heterocycles. The van der Waals surface area contributed by atoms with Crippen LogP contribution in [0.4, 0.5) is 0 Å². The number of likely N-dealkylation sites (tertiary alicyclic amines) is 1. The highest BCUT2D eigenvalue weighted by Gasteiger charge is 2.38. The van der Waals surface area contributed by atoms with Crippen molar-refractivity contribution in [2.24, 2.45) is 0 Å². The van der Waals surface area contributed by atoms with Crippen LogP contribution in [0.3, 0.4) is 0 Å². The first-order chi connectivity index (χ1) is 8.49. The Kier molecular flexibility index (Phi) is 6.05. The van der Waals surface area contributed by atoms with E-state index in [0.717, 1.165) is 19.4 Å². The van der Waals surface area contributed by atoms with Crippen molar-refractivity contribution in [2.45, 2.75) is 44.9 Å². The Labute approximate surface area is 110 Å². The van der Waals surface area contributed by atoms with Crippen LogP contribution in [-0.2, 0) is 9.53 Å². The highest BCUT2D eigenvalue weighted by Crippen LogP contribution is 2.23. The molecule has 1 rings (SSSR count). The Morgan fingerprint density at radius 2 is 2.17 bits per heavy atom. The Balaban J connectivity index is 2.72. The molecule has 0 radical (unpaired) electrons. The minimum atomic E-state index is -0.335. The number of hydrogen-bond donors (Lipinski definition) is 1. The molecule has 0 bridgehead atoms. The van der Waals surface area contributed by atoms with Gasteiger partial charge in [0.1, 0.15) is 6.04 Å². The molecule has 0 aromatic rings. The van der Waals surface area contributed by atoms with Gasteiger partial charge in [-0.25, -0.2) is 0 Å². The van der Waals surface area contributed by atoms with Crippen LogP contribution in [0.5, 0.6) is 0 Å². The molecular weight excluding hydrogens is 232 g/mol. The summed E-state index contributed by atoms with van der Waals surface area (Å²) in [5.74, 6) is -0.169. The number of aliphatic hydroxyl groups is 1. The molecule has 0 saturated carbocycles. The summed E-state index contributed by atoms with van der Waals surface area (Å²) in [6.07, 6.45) is 1.11. The highest BCUT2D eigenvalue weighted by atomic mass is 16.5. The number of carbonyl (C=O) groups is 1. The summed E-state index contributed by atoms with van der Waals surface area (Å²) in [4.78, 5) is 16.1. The van der Waals surface area contributed by atoms with Crippen molar-refractivity contribution in [2.75, 3.05) is 33.8 Å². The number of aliphatic hydroxyl groups excluding tert-OH is 1. The number of β-amino-alcohol motifs (C(OH)–C–C–N with tert-alkyl or cyclic N) is 1. The monoisotopic (exact) mass is 258 g/mol. The Hall–Kier alpha value is -0.650. The zero-order chi connectivity index (χ0) is 13.7. The Morgan fingerprint density at radius 3 is 2.67 bits per heavy atom. The van der Waals surface area contributed by atoms with E-state index in [1.807, 2.05) is 27.9 Å². The zero-order valence-electron chi connectivity index (χ0n) is 11.9. The molecule has 0 aromatic heterocycles. The normalized spacial score (nSPS) is 26.6. The topological polar surface area (TPSA) is 53.0 Å². The van der Waals surface area contributed by atoms with Crippen LogP contribution in [0, 0.1) is 0 Å². The lowest BCUT2D eigenvalue weighted by Crippen LogP contribution is -2.48. The third kappa shape index (κ3) is 3.93. The fourth-order valence-electron chi connectivity index (χ4n) is 2.67. The summed E-state index contributed by atoms with van der Waals surface area (Å²) in [6.45, 7) is 5.63. The quantitative estimate of drug-likeness (QED) is 0.696. The fourth-order valence-corrected chi connectivity index (χ4v) is 2.67. The number of ether oxygens (including phenoxy) is 1. The van der Waals surface area contributed by atoms with Crippen molar-refractivity contribution in [1.29, 1.82) is 0 Å². The summed E-state index contributed by atoms with van der Waals surface area (Å²) in [7, 11) is 4.02. The largest absolute Gasteiger partial charge is 0.465 e. The SMILES string of the molecule is CCOC(=O)C(CC)N1CC(O)CC1CN(C)C. The average Bonchev–Trinajstić information content (AvgIpc) is 2.60. The molecule has 1 N–H and O–H groups in total. The number of likely N-dealkylation sites (N-methyl/N-ethyl adjacent to an activating group) is 1. The van der Waals surface area contributed by atoms with Crippen molar-refractivity contribution in [3.8, 4) is 0 Å². The smallest absolute Gasteiger partial charge is 0.323 e. The van der Waals surface area contributed by atoms with E-state index in [1.54, 1.807) is 0 Å². The Morgan fingerprint density at radius 1 is 1.50 bits per heavy atom. The molecule has 3 atom stereocenters. The van der Waals surface area contributed by atoms with Gasteiger partial charge >= 0.3 is 5.97 Å². The second-order valence-corrected chi connectivity index (χ2v) is 5.18. The molecule has 5 nitrogen and oxygen atoms in total. The number of hydrogen-bond acceptors (Lipinski definition) is 5. The van der Waals surface area contributed by atoms with Crippen LogP contribution in [0.2, 0.25) is 0 Å². The van der Waals surface area contributed by atoms with Crippen molar-refractivity contribution in [1.82, 2.24) is 9.80 Å². The summed E-state index contributed by atoms with van der Waals surface area (Å²) in [6, 6.07) is -0.00333. The molecule has 106 valence electrons. The Bertz CT molecular complexity index is 271. The molecule has 5 heteroatoms. The third-order valence-electron chi connectivity index (χ3n) is 3.36. The van der Waals surface area contributed by atoms with Crippen LogP contribution in [0.1, 0.15) is 26.7 Å². The van der Waals surface area contributed by atoms with E-state index in [2.05, 4.69) is 9.80 Å². The van der Waals surface area contributed by atoms with Gasteiger partial charge in [0.05, 0.1) is 12.7 Å². The van der Waals surface area contributed by atoms with Crippen LogP contribution in [-0.4, -0.2) is 72.9 Å². The van der Waals surface area contributed by atoms with E-state index in [-0.39, 0.29) is 24.2 Å². The highest BCUT2D eigenvalue weighted by molar-refractivity contribution is 5.75. The number of rotatable bonds is 6. The first-order valence-corrected chi connectivity index (χ1v) is 6.74. The van der Waals surface area contributed by atoms with E-state index >= 15 is 0 Å². The van der Waals surface area contributed by atoms with Crippen LogP contribution < -0.4 is 0 Å². The number of esters is 1. The summed E-state index contributed by atoms with van der Waals surface area (Å²) >= 11 is 0. The summed E-state index contributed by atoms with van der Waals surface area (Å²) in [5.41, 5.74) is 0. The standard InChI is InChI=1S/C13H26N2O3/c1-5-12(13(17)18-6-2)15-9-11(16)7-10(15)8-14(3)4/h10-12,16H,5-9H2,1-4H3. The van der Waals surface area contributed by atoms with Crippen molar-refractivity contribution < 1.29 is 14.6 Å². The van der Waals surface area contributed by atoms with Gasteiger partial charge in [-0.2, -0.15) is 0 Å². The molecule has 3 unspecified atom stereocenters. The van der Waals surface area contributed by atoms with Gasteiger partial charge in [-0.15, -0.1) is 0 Å². The molecule has 0 amide bonds. The lowest BCUT2D eigenvalue weighted by molar-refractivity contribution is -0.150. The van der Waals surface area contributed by atoms with E-state index in [1.165, 1.54) is 0 Å². The fraction of sp³-hybridized carbons (Fsp3) is 0.923. The first-order valence-electron chi connectivity index (χ1n) is 6.74. The molecule has 0 aliphatic carbocycles. The van der Waals surface area contributed by atoms with Crippen molar-refractivity contribution in [3.05, 3.63) is 0 Å². The maximum Gasteiger partial charge on any atom is 0.323 e. The summed E-state index contributed by atoms with van der Waals surface area (Å²) < 4.78 is 5.12. The van der Waals surface area contributed by atoms with Crippen molar-refractivity contribution >= 4 is 5.97 Å². The van der Waals surface area contributed by atoms with Gasteiger partial charge in [-0.3, -0.25) is 9.69 Å². The second kappa shape index (κ2) is 7.07. The van der Waals surface area contributed by atoms with Crippen LogP contribution >= 0.6 is 0 Å². The zero-order valence-corrected chi connectivity index (χ0v) is 11.9. The molecule has 1 heterocycles. The van der Waals surface area contributed by atoms with E-state index in [0.29, 0.717) is 13.2 Å². The lowest BCUT2D eigenvalue weighted by Gasteiger charge is -2.32. The van der Waals surface area contributed by atoms with E-state index in [9.17, 15) is 9.90 Å². The first kappa shape index (κ1) is 15.4. The van der Waals surface area contributed by atoms with Gasteiger partial charge in [0.2, 0.25) is 0 Å².